The Morgan fingerprint density at radius 1 is 1.15 bits per heavy atom. The number of hydrogen-bond acceptors (Lipinski definition) is 3. The Morgan fingerprint density at radius 3 is 2.35 bits per heavy atom. The summed E-state index contributed by atoms with van der Waals surface area (Å²) in [7, 11) is 0. The molecule has 6 nitrogen and oxygen atoms in total. The largest absolute Gasteiger partial charge is 0.481 e. The number of amides is 1. The van der Waals surface area contributed by atoms with Gasteiger partial charge in [-0.15, -0.1) is 0 Å². The number of aromatic nitrogens is 2. The van der Waals surface area contributed by atoms with E-state index in [0.717, 1.165) is 4.90 Å². The minimum absolute atomic E-state index is 0.483. The average molecular weight is 367 g/mol. The van der Waals surface area contributed by atoms with Crippen LogP contribution < -0.4 is 0 Å². The van der Waals surface area contributed by atoms with Gasteiger partial charge in [0.05, 0.1) is 11.8 Å². The number of halogens is 3. The molecule has 1 aromatic heterocycles. The molecule has 138 valence electrons. The van der Waals surface area contributed by atoms with E-state index >= 15 is 0 Å². The fourth-order valence-corrected chi connectivity index (χ4v) is 3.22. The van der Waals surface area contributed by atoms with Crippen molar-refractivity contribution in [2.24, 2.45) is 11.8 Å². The maximum atomic E-state index is 13.2. The minimum Gasteiger partial charge on any atom is -0.481 e. The highest BCUT2D eigenvalue weighted by atomic mass is 19.4. The molecule has 1 saturated heterocycles. The van der Waals surface area contributed by atoms with Gasteiger partial charge in [0.1, 0.15) is 0 Å². The standard InChI is InChI=1S/C17H16F3N3O3/c18-17(19,20)13-10-22(9-12(13)16(25)26)15(24)14(23-8-4-7-21-23)11-5-2-1-3-6-11/h1-8,12-14H,9-10H2,(H,25,26)/t12-,13-,14?/m1/s1. The molecule has 1 unspecified atom stereocenters. The minimum atomic E-state index is -4.69. The highest BCUT2D eigenvalue weighted by molar-refractivity contribution is 5.85. The number of carbonyl (C=O) groups excluding carboxylic acids is 1. The Hall–Kier alpha value is -2.84. The summed E-state index contributed by atoms with van der Waals surface area (Å²) < 4.78 is 40.9. The number of nitrogens with zero attached hydrogens (tertiary/aromatic N) is 3. The maximum absolute atomic E-state index is 13.2. The molecule has 26 heavy (non-hydrogen) atoms. The van der Waals surface area contributed by atoms with E-state index in [1.165, 1.54) is 10.9 Å². The number of benzene rings is 1. The second-order valence-electron chi connectivity index (χ2n) is 6.14. The van der Waals surface area contributed by atoms with Gasteiger partial charge < -0.3 is 10.0 Å². The monoisotopic (exact) mass is 367 g/mol. The number of carboxylic acid groups (broad SMARTS) is 1. The van der Waals surface area contributed by atoms with Crippen LogP contribution in [0.1, 0.15) is 11.6 Å². The summed E-state index contributed by atoms with van der Waals surface area (Å²) in [6.07, 6.45) is -1.68. The lowest BCUT2D eigenvalue weighted by Gasteiger charge is -2.24. The summed E-state index contributed by atoms with van der Waals surface area (Å²) in [4.78, 5) is 25.2. The first-order chi connectivity index (χ1) is 12.3. The zero-order valence-corrected chi connectivity index (χ0v) is 13.5. The lowest BCUT2D eigenvalue weighted by Crippen LogP contribution is -2.37. The summed E-state index contributed by atoms with van der Waals surface area (Å²) in [5.41, 5.74) is 0.559. The van der Waals surface area contributed by atoms with Crippen LogP contribution in [0.5, 0.6) is 0 Å². The summed E-state index contributed by atoms with van der Waals surface area (Å²) in [6.45, 7) is -1.16. The number of likely N-dealkylation sites (tertiary alicyclic amines) is 1. The molecular formula is C17H16F3N3O3. The van der Waals surface area contributed by atoms with Crippen LogP contribution in [0.3, 0.4) is 0 Å². The first-order valence-electron chi connectivity index (χ1n) is 7.91. The quantitative estimate of drug-likeness (QED) is 0.899. The van der Waals surface area contributed by atoms with E-state index in [-0.39, 0.29) is 0 Å². The molecule has 3 rings (SSSR count). The number of alkyl halides is 3. The first-order valence-corrected chi connectivity index (χ1v) is 7.91. The van der Waals surface area contributed by atoms with Gasteiger partial charge in [0.25, 0.3) is 5.91 Å². The van der Waals surface area contributed by atoms with Crippen molar-refractivity contribution >= 4 is 11.9 Å². The van der Waals surface area contributed by atoms with Crippen LogP contribution in [0.25, 0.3) is 0 Å². The average Bonchev–Trinajstić information content (AvgIpc) is 3.25. The Balaban J connectivity index is 1.92. The predicted molar refractivity (Wildman–Crippen MR) is 84.1 cm³/mol. The van der Waals surface area contributed by atoms with Gasteiger partial charge in [-0.25, -0.2) is 0 Å². The third-order valence-electron chi connectivity index (χ3n) is 4.51. The molecule has 1 aromatic carbocycles. The third kappa shape index (κ3) is 3.42. The van der Waals surface area contributed by atoms with Gasteiger partial charge in [0.2, 0.25) is 0 Å². The molecule has 0 aliphatic carbocycles. The number of rotatable bonds is 4. The van der Waals surface area contributed by atoms with Gasteiger partial charge in [-0.1, -0.05) is 30.3 Å². The van der Waals surface area contributed by atoms with Crippen LogP contribution in [-0.2, 0) is 9.59 Å². The number of carboxylic acids is 1. The number of carbonyl (C=O) groups is 2. The molecule has 0 saturated carbocycles. The van der Waals surface area contributed by atoms with Crippen molar-refractivity contribution < 1.29 is 27.9 Å². The van der Waals surface area contributed by atoms with Crippen LogP contribution in [0.2, 0.25) is 0 Å². The van der Waals surface area contributed by atoms with E-state index in [4.69, 9.17) is 5.11 Å². The lowest BCUT2D eigenvalue weighted by molar-refractivity contribution is -0.188. The highest BCUT2D eigenvalue weighted by Gasteiger charge is 2.54. The molecule has 2 aromatic rings. The van der Waals surface area contributed by atoms with Crippen LogP contribution in [0.15, 0.2) is 48.8 Å². The van der Waals surface area contributed by atoms with Crippen molar-refractivity contribution in [3.05, 3.63) is 54.4 Å². The smallest absolute Gasteiger partial charge is 0.394 e. The second-order valence-corrected chi connectivity index (χ2v) is 6.14. The van der Waals surface area contributed by atoms with E-state index < -0.39 is 49.0 Å². The molecule has 0 bridgehead atoms. The molecule has 1 aliphatic rings. The van der Waals surface area contributed by atoms with E-state index in [9.17, 15) is 22.8 Å². The molecule has 1 fully saturated rings. The van der Waals surface area contributed by atoms with Crippen LogP contribution >= 0.6 is 0 Å². The Morgan fingerprint density at radius 2 is 1.85 bits per heavy atom. The van der Waals surface area contributed by atoms with Crippen LogP contribution in [-0.4, -0.2) is 50.9 Å². The molecule has 2 heterocycles. The van der Waals surface area contributed by atoms with E-state index in [1.807, 2.05) is 0 Å². The van der Waals surface area contributed by atoms with Crippen molar-refractivity contribution in [1.29, 1.82) is 0 Å². The van der Waals surface area contributed by atoms with Crippen LogP contribution in [0, 0.1) is 11.8 Å². The van der Waals surface area contributed by atoms with Crippen molar-refractivity contribution in [1.82, 2.24) is 14.7 Å². The zero-order valence-electron chi connectivity index (χ0n) is 13.5. The van der Waals surface area contributed by atoms with Crippen LogP contribution in [0.4, 0.5) is 13.2 Å². The Bertz CT molecular complexity index is 778. The molecule has 0 radical (unpaired) electrons. The predicted octanol–water partition coefficient (Wildman–Crippen LogP) is 2.19. The van der Waals surface area contributed by atoms with Crippen molar-refractivity contribution in [3.63, 3.8) is 0 Å². The normalized spacial score (nSPS) is 21.6. The number of aliphatic carboxylic acids is 1. The van der Waals surface area contributed by atoms with E-state index in [2.05, 4.69) is 5.10 Å². The van der Waals surface area contributed by atoms with Gasteiger partial charge in [0, 0.05) is 25.5 Å². The molecule has 1 amide bonds. The number of hydrogen-bond donors (Lipinski definition) is 1. The fraction of sp³-hybridized carbons (Fsp3) is 0.353. The lowest BCUT2D eigenvalue weighted by atomic mass is 9.96. The second kappa shape index (κ2) is 6.81. The Kier molecular flexibility index (Phi) is 4.71. The first kappa shape index (κ1) is 18.0. The zero-order chi connectivity index (χ0) is 18.9. The Labute approximate surface area is 146 Å². The highest BCUT2D eigenvalue weighted by Crippen LogP contribution is 2.38. The molecule has 0 spiro atoms. The summed E-state index contributed by atoms with van der Waals surface area (Å²) in [6, 6.07) is 9.18. The van der Waals surface area contributed by atoms with Crippen molar-refractivity contribution in [2.45, 2.75) is 12.2 Å². The van der Waals surface area contributed by atoms with E-state index in [0.29, 0.717) is 5.56 Å². The van der Waals surface area contributed by atoms with Gasteiger partial charge in [-0.05, 0) is 11.6 Å². The summed E-state index contributed by atoms with van der Waals surface area (Å²) in [5.74, 6) is -5.93. The van der Waals surface area contributed by atoms with Gasteiger partial charge in [0.15, 0.2) is 6.04 Å². The topological polar surface area (TPSA) is 75.4 Å². The fourth-order valence-electron chi connectivity index (χ4n) is 3.22. The molecular weight excluding hydrogens is 351 g/mol. The molecule has 1 aliphatic heterocycles. The van der Waals surface area contributed by atoms with E-state index in [1.54, 1.807) is 42.6 Å². The molecule has 9 heteroatoms. The van der Waals surface area contributed by atoms with Crippen molar-refractivity contribution in [2.75, 3.05) is 13.1 Å². The molecule has 1 N–H and O–H groups in total. The van der Waals surface area contributed by atoms with Gasteiger partial charge >= 0.3 is 12.1 Å². The van der Waals surface area contributed by atoms with Gasteiger partial charge in [-0.2, -0.15) is 18.3 Å². The molecule has 3 atom stereocenters. The SMILES string of the molecule is O=C(O)[C@@H]1CN(C(=O)C(c2ccccc2)n2cccn2)C[C@H]1C(F)(F)F. The third-order valence-corrected chi connectivity index (χ3v) is 4.51. The maximum Gasteiger partial charge on any atom is 0.394 e. The summed E-state index contributed by atoms with van der Waals surface area (Å²) >= 11 is 0. The van der Waals surface area contributed by atoms with Gasteiger partial charge in [-0.3, -0.25) is 14.3 Å². The van der Waals surface area contributed by atoms with Crippen molar-refractivity contribution in [3.8, 4) is 0 Å². The summed E-state index contributed by atoms with van der Waals surface area (Å²) in [5, 5.41) is 13.2.